The zero-order valence-electron chi connectivity index (χ0n) is 12.4. The molecule has 1 aromatic rings. The van der Waals surface area contributed by atoms with E-state index in [0.29, 0.717) is 25.3 Å². The van der Waals surface area contributed by atoms with E-state index in [1.54, 1.807) is 11.8 Å². The minimum Gasteiger partial charge on any atom is -0.471 e. The first-order valence-electron chi connectivity index (χ1n) is 6.91. The topological polar surface area (TPSA) is 62.7 Å². The first-order valence-corrected chi connectivity index (χ1v) is 9.29. The second-order valence-electron chi connectivity index (χ2n) is 5.79. The third-order valence-electron chi connectivity index (χ3n) is 3.89. The molecule has 0 unspecified atom stereocenters. The van der Waals surface area contributed by atoms with Crippen LogP contribution < -0.4 is 4.74 Å². The lowest BCUT2D eigenvalue weighted by Gasteiger charge is -2.46. The number of hydrogen-bond donors (Lipinski definition) is 0. The number of ether oxygens (including phenoxy) is 1. The fourth-order valence-electron chi connectivity index (χ4n) is 2.70. The number of pyridine rings is 1. The van der Waals surface area contributed by atoms with E-state index in [2.05, 4.69) is 4.98 Å². The quantitative estimate of drug-likeness (QED) is 0.812. The van der Waals surface area contributed by atoms with Crippen LogP contribution >= 0.6 is 11.8 Å². The molecule has 1 aromatic heterocycles. The minimum absolute atomic E-state index is 0.0160. The van der Waals surface area contributed by atoms with E-state index < -0.39 is 16.0 Å². The second-order valence-corrected chi connectivity index (χ2v) is 9.42. The first kappa shape index (κ1) is 16.0. The second kappa shape index (κ2) is 5.63. The largest absolute Gasteiger partial charge is 0.471 e. The maximum Gasteiger partial charge on any atom is 0.281 e. The Balaban J connectivity index is 1.59. The SMILES string of the molecule is CN(C)S(=O)(=O)N1CC2(C[C@H](Oc3ncccc3F)CS2)C1. The number of aromatic nitrogens is 1. The summed E-state index contributed by atoms with van der Waals surface area (Å²) in [4.78, 5) is 3.89. The Bertz CT molecular complexity index is 662. The minimum atomic E-state index is -3.35. The van der Waals surface area contributed by atoms with Gasteiger partial charge in [0.15, 0.2) is 5.82 Å². The molecule has 2 aliphatic heterocycles. The van der Waals surface area contributed by atoms with E-state index in [1.807, 2.05) is 0 Å². The van der Waals surface area contributed by atoms with Gasteiger partial charge in [-0.3, -0.25) is 0 Å². The molecule has 0 aliphatic carbocycles. The maximum absolute atomic E-state index is 13.6. The van der Waals surface area contributed by atoms with E-state index in [1.165, 1.54) is 41.0 Å². The molecule has 1 atom stereocenters. The molecule has 1 spiro atoms. The maximum atomic E-state index is 13.6. The summed E-state index contributed by atoms with van der Waals surface area (Å²) in [6.45, 7) is 0.950. The molecule has 0 bridgehead atoms. The molecule has 3 heterocycles. The number of nitrogens with zero attached hydrogens (tertiary/aromatic N) is 3. The van der Waals surface area contributed by atoms with Crippen molar-refractivity contribution >= 4 is 22.0 Å². The van der Waals surface area contributed by atoms with Gasteiger partial charge in [-0.2, -0.15) is 17.0 Å². The highest BCUT2D eigenvalue weighted by Gasteiger charge is 2.53. The van der Waals surface area contributed by atoms with Crippen molar-refractivity contribution in [3.63, 3.8) is 0 Å². The van der Waals surface area contributed by atoms with Gasteiger partial charge < -0.3 is 4.74 Å². The average molecular weight is 347 g/mol. The lowest BCUT2D eigenvalue weighted by atomic mass is 9.95. The van der Waals surface area contributed by atoms with Gasteiger partial charge in [0.05, 0.1) is 0 Å². The summed E-state index contributed by atoms with van der Waals surface area (Å²) in [5, 5.41) is 0. The summed E-state index contributed by atoms with van der Waals surface area (Å²) < 4.78 is 45.8. The summed E-state index contributed by atoms with van der Waals surface area (Å²) in [7, 11) is -0.295. The summed E-state index contributed by atoms with van der Waals surface area (Å²) in [5.74, 6) is 0.257. The van der Waals surface area contributed by atoms with Crippen LogP contribution in [0.4, 0.5) is 4.39 Å². The van der Waals surface area contributed by atoms with Crippen molar-refractivity contribution in [2.75, 3.05) is 32.9 Å². The van der Waals surface area contributed by atoms with Gasteiger partial charge in [-0.25, -0.2) is 9.37 Å². The van der Waals surface area contributed by atoms with Crippen LogP contribution in [0.15, 0.2) is 18.3 Å². The van der Waals surface area contributed by atoms with Crippen LogP contribution in [0.2, 0.25) is 0 Å². The van der Waals surface area contributed by atoms with E-state index in [4.69, 9.17) is 4.74 Å². The Morgan fingerprint density at radius 1 is 1.50 bits per heavy atom. The van der Waals surface area contributed by atoms with Crippen LogP contribution in [0.1, 0.15) is 6.42 Å². The molecule has 0 N–H and O–H groups in total. The summed E-state index contributed by atoms with van der Waals surface area (Å²) in [6.07, 6.45) is 2.05. The predicted molar refractivity (Wildman–Crippen MR) is 82.6 cm³/mol. The van der Waals surface area contributed by atoms with Crippen LogP contribution in [0.3, 0.4) is 0 Å². The Morgan fingerprint density at radius 3 is 2.86 bits per heavy atom. The highest BCUT2D eigenvalue weighted by atomic mass is 32.2. The van der Waals surface area contributed by atoms with Crippen LogP contribution in [-0.4, -0.2) is 65.8 Å². The Labute approximate surface area is 133 Å². The van der Waals surface area contributed by atoms with E-state index in [9.17, 15) is 12.8 Å². The van der Waals surface area contributed by atoms with Gasteiger partial charge in [-0.05, 0) is 12.1 Å². The van der Waals surface area contributed by atoms with Gasteiger partial charge in [0.2, 0.25) is 0 Å². The Kier molecular flexibility index (Phi) is 4.09. The smallest absolute Gasteiger partial charge is 0.281 e. The molecule has 2 saturated heterocycles. The molecule has 0 amide bonds. The molecule has 0 saturated carbocycles. The predicted octanol–water partition coefficient (Wildman–Crippen LogP) is 0.966. The first-order chi connectivity index (χ1) is 10.3. The molecule has 3 rings (SSSR count). The lowest BCUT2D eigenvalue weighted by molar-refractivity contribution is 0.147. The van der Waals surface area contributed by atoms with Crippen molar-refractivity contribution in [2.24, 2.45) is 0 Å². The van der Waals surface area contributed by atoms with E-state index in [-0.39, 0.29) is 16.7 Å². The lowest BCUT2D eigenvalue weighted by Crippen LogP contribution is -2.62. The van der Waals surface area contributed by atoms with Gasteiger partial charge in [-0.15, -0.1) is 11.8 Å². The van der Waals surface area contributed by atoms with Crippen LogP contribution in [-0.2, 0) is 10.2 Å². The fourth-order valence-corrected chi connectivity index (χ4v) is 5.67. The van der Waals surface area contributed by atoms with Gasteiger partial charge in [0.25, 0.3) is 16.1 Å². The number of halogens is 1. The van der Waals surface area contributed by atoms with Crippen molar-refractivity contribution in [3.8, 4) is 5.88 Å². The van der Waals surface area contributed by atoms with Crippen molar-refractivity contribution in [1.82, 2.24) is 13.6 Å². The summed E-state index contributed by atoms with van der Waals surface area (Å²) >= 11 is 1.70. The third-order valence-corrected chi connectivity index (χ3v) is 7.30. The van der Waals surface area contributed by atoms with Gasteiger partial charge in [0, 0.05) is 50.3 Å². The van der Waals surface area contributed by atoms with Crippen molar-refractivity contribution in [2.45, 2.75) is 17.3 Å². The highest BCUT2D eigenvalue weighted by Crippen LogP contribution is 2.47. The number of rotatable bonds is 4. The molecule has 0 radical (unpaired) electrons. The molecule has 2 aliphatic rings. The summed E-state index contributed by atoms with van der Waals surface area (Å²) in [5.41, 5.74) is 0. The van der Waals surface area contributed by atoms with E-state index >= 15 is 0 Å². The normalized spacial score (nSPS) is 24.6. The fraction of sp³-hybridized carbons (Fsp3) is 0.615. The van der Waals surface area contributed by atoms with Crippen molar-refractivity contribution in [1.29, 1.82) is 0 Å². The molecular weight excluding hydrogens is 329 g/mol. The highest BCUT2D eigenvalue weighted by molar-refractivity contribution is 8.01. The molecule has 122 valence electrons. The Morgan fingerprint density at radius 2 is 2.23 bits per heavy atom. The molecule has 6 nitrogen and oxygen atoms in total. The number of hydrogen-bond acceptors (Lipinski definition) is 5. The van der Waals surface area contributed by atoms with Crippen LogP contribution in [0.5, 0.6) is 5.88 Å². The van der Waals surface area contributed by atoms with Crippen LogP contribution in [0.25, 0.3) is 0 Å². The summed E-state index contributed by atoms with van der Waals surface area (Å²) in [6, 6.07) is 2.83. The van der Waals surface area contributed by atoms with E-state index in [0.717, 1.165) is 0 Å². The van der Waals surface area contributed by atoms with Crippen molar-refractivity contribution in [3.05, 3.63) is 24.1 Å². The Hall–Kier alpha value is -0.900. The van der Waals surface area contributed by atoms with Crippen molar-refractivity contribution < 1.29 is 17.5 Å². The molecule has 9 heteroatoms. The standard InChI is InChI=1S/C13H18FN3O3S2/c1-16(2)22(18,19)17-8-13(9-17)6-10(7-21-13)20-12-11(14)4-3-5-15-12/h3-5,10H,6-9H2,1-2H3/t10-/m0/s1. The zero-order chi connectivity index (χ0) is 16.0. The third kappa shape index (κ3) is 2.82. The molecule has 2 fully saturated rings. The van der Waals surface area contributed by atoms with Crippen LogP contribution in [0, 0.1) is 5.82 Å². The zero-order valence-corrected chi connectivity index (χ0v) is 14.0. The number of thioether (sulfide) groups is 1. The monoisotopic (exact) mass is 347 g/mol. The van der Waals surface area contributed by atoms with Gasteiger partial charge >= 0.3 is 0 Å². The van der Waals surface area contributed by atoms with Gasteiger partial charge in [-0.1, -0.05) is 0 Å². The van der Waals surface area contributed by atoms with Gasteiger partial charge in [0.1, 0.15) is 6.10 Å². The molecule has 0 aromatic carbocycles. The molecule has 22 heavy (non-hydrogen) atoms. The average Bonchev–Trinajstić information content (AvgIpc) is 2.84. The molecular formula is C13H18FN3O3S2.